The van der Waals surface area contributed by atoms with Crippen LogP contribution >= 0.6 is 11.8 Å². The molecule has 1 aliphatic heterocycles. The number of thioether (sulfide) groups is 1. The van der Waals surface area contributed by atoms with Gasteiger partial charge in [0, 0.05) is 25.8 Å². The molecule has 3 rings (SSSR count). The maximum atomic E-state index is 14.4. The zero-order valence-electron chi connectivity index (χ0n) is 16.7. The second kappa shape index (κ2) is 10.5. The Morgan fingerprint density at radius 2 is 2.10 bits per heavy atom. The van der Waals surface area contributed by atoms with Crippen molar-refractivity contribution in [2.75, 3.05) is 12.3 Å². The van der Waals surface area contributed by atoms with Crippen LogP contribution in [0.3, 0.4) is 0 Å². The first kappa shape index (κ1) is 22.2. The molecule has 162 valence electrons. The summed E-state index contributed by atoms with van der Waals surface area (Å²) in [7, 11) is 1.77. The van der Waals surface area contributed by atoms with Crippen LogP contribution in [0.2, 0.25) is 0 Å². The highest BCUT2D eigenvalue weighted by molar-refractivity contribution is 7.99. The number of aryl methyl sites for hydroxylation is 1. The Balaban J connectivity index is 1.51. The van der Waals surface area contributed by atoms with Gasteiger partial charge in [0.05, 0.1) is 6.04 Å². The molecule has 1 aromatic heterocycles. The van der Waals surface area contributed by atoms with Crippen molar-refractivity contribution in [1.82, 2.24) is 25.1 Å². The number of hydrogen-bond acceptors (Lipinski definition) is 6. The Labute approximate surface area is 178 Å². The molecule has 1 aromatic carbocycles. The molecule has 30 heavy (non-hydrogen) atoms. The highest BCUT2D eigenvalue weighted by atomic mass is 32.2. The van der Waals surface area contributed by atoms with Gasteiger partial charge >= 0.3 is 0 Å². The van der Waals surface area contributed by atoms with Gasteiger partial charge in [0.15, 0.2) is 12.3 Å². The number of nitrogens with zero attached hydrogens (tertiary/aromatic N) is 5. The van der Waals surface area contributed by atoms with E-state index in [-0.39, 0.29) is 23.7 Å². The quantitative estimate of drug-likeness (QED) is 0.348. The molecule has 2 aromatic rings. The third-order valence-electron chi connectivity index (χ3n) is 5.00. The molecular weight excluding hydrogens is 412 g/mol. The van der Waals surface area contributed by atoms with E-state index in [1.165, 1.54) is 23.9 Å². The number of aromatic nitrogens is 4. The lowest BCUT2D eigenvalue weighted by Crippen LogP contribution is -2.35. The zero-order chi connectivity index (χ0) is 21.5. The van der Waals surface area contributed by atoms with Crippen molar-refractivity contribution < 1.29 is 18.7 Å². The molecule has 3 atom stereocenters. The Morgan fingerprint density at radius 3 is 2.80 bits per heavy atom. The maximum Gasteiger partial charge on any atom is 0.223 e. The van der Waals surface area contributed by atoms with Crippen LogP contribution in [0.1, 0.15) is 37.4 Å². The highest BCUT2D eigenvalue weighted by Crippen LogP contribution is 2.29. The van der Waals surface area contributed by atoms with E-state index in [4.69, 9.17) is 0 Å². The highest BCUT2D eigenvalue weighted by Gasteiger charge is 2.34. The Kier molecular flexibility index (Phi) is 7.78. The van der Waals surface area contributed by atoms with Crippen molar-refractivity contribution in [2.45, 2.75) is 49.2 Å². The van der Waals surface area contributed by atoms with Crippen LogP contribution in [0.15, 0.2) is 47.3 Å². The average molecular weight is 438 g/mol. The first-order chi connectivity index (χ1) is 14.5. The van der Waals surface area contributed by atoms with Crippen LogP contribution < -0.4 is 0 Å². The predicted octanol–water partition coefficient (Wildman–Crippen LogP) is 3.56. The number of rotatable bonds is 10. The van der Waals surface area contributed by atoms with E-state index in [0.29, 0.717) is 13.0 Å². The van der Waals surface area contributed by atoms with Crippen LogP contribution in [-0.2, 0) is 11.8 Å². The van der Waals surface area contributed by atoms with E-state index >= 15 is 0 Å². The number of aliphatic hydroxyl groups excluding tert-OH is 1. The van der Waals surface area contributed by atoms with Crippen molar-refractivity contribution in [3.05, 3.63) is 47.7 Å². The monoisotopic (exact) mass is 437 g/mol. The summed E-state index contributed by atoms with van der Waals surface area (Å²) in [4.78, 5) is 13.8. The molecule has 1 saturated heterocycles. The van der Waals surface area contributed by atoms with Gasteiger partial charge in [-0.15, -0.1) is 5.10 Å². The molecule has 0 aliphatic carbocycles. The molecule has 2 unspecified atom stereocenters. The molecular formula is C20H25F2N5O2S. The second-order valence-corrected chi connectivity index (χ2v) is 8.19. The Hall–Kier alpha value is -2.49. The standard InChI is InChI=1S/C20H25F2N5O2S/c1-26-20(23-24-25-26)30-12-6-5-11-27-16(9-10-18(27)29)17(28)13-15(21)19(22)14-7-3-2-4-8-14/h2-4,7-8,13,15-16,19,28H,5-6,9-12H2,1H3/t15?,16-,19?/m1/s1. The van der Waals surface area contributed by atoms with Crippen molar-refractivity contribution >= 4 is 17.7 Å². The Bertz CT molecular complexity index is 864. The number of carbonyl (C=O) groups excluding carboxylic acids is 1. The summed E-state index contributed by atoms with van der Waals surface area (Å²) in [6.07, 6.45) is -0.725. The molecule has 10 heteroatoms. The molecule has 0 radical (unpaired) electrons. The lowest BCUT2D eigenvalue weighted by Gasteiger charge is -2.25. The van der Waals surface area contributed by atoms with Crippen molar-refractivity contribution in [2.24, 2.45) is 7.05 Å². The summed E-state index contributed by atoms with van der Waals surface area (Å²) >= 11 is 1.52. The number of benzene rings is 1. The summed E-state index contributed by atoms with van der Waals surface area (Å²) < 4.78 is 30.3. The fraction of sp³-hybridized carbons (Fsp3) is 0.500. The molecule has 1 N–H and O–H groups in total. The molecule has 1 amide bonds. The number of aliphatic hydroxyl groups is 1. The van der Waals surface area contributed by atoms with Crippen molar-refractivity contribution in [3.8, 4) is 0 Å². The predicted molar refractivity (Wildman–Crippen MR) is 109 cm³/mol. The molecule has 0 spiro atoms. The van der Waals surface area contributed by atoms with E-state index in [9.17, 15) is 18.7 Å². The molecule has 0 saturated carbocycles. The first-order valence-corrected chi connectivity index (χ1v) is 10.8. The normalized spacial score (nSPS) is 19.3. The lowest BCUT2D eigenvalue weighted by atomic mass is 10.0. The third-order valence-corrected chi connectivity index (χ3v) is 6.10. The molecule has 7 nitrogen and oxygen atoms in total. The minimum atomic E-state index is -1.98. The number of carbonyl (C=O) groups is 1. The van der Waals surface area contributed by atoms with E-state index < -0.39 is 18.4 Å². The topological polar surface area (TPSA) is 84.1 Å². The number of alkyl halides is 2. The van der Waals surface area contributed by atoms with E-state index in [2.05, 4.69) is 15.5 Å². The first-order valence-electron chi connectivity index (χ1n) is 9.85. The van der Waals surface area contributed by atoms with Crippen molar-refractivity contribution in [3.63, 3.8) is 0 Å². The van der Waals surface area contributed by atoms with Crippen LogP contribution in [0.5, 0.6) is 0 Å². The number of unbranched alkanes of at least 4 members (excludes halogenated alkanes) is 1. The van der Waals surface area contributed by atoms with Gasteiger partial charge in [-0.25, -0.2) is 13.5 Å². The average Bonchev–Trinajstić information content (AvgIpc) is 3.33. The van der Waals surface area contributed by atoms with Gasteiger partial charge in [0.2, 0.25) is 11.1 Å². The number of likely N-dealkylation sites (tertiary alicyclic amines) is 1. The number of allylic oxidation sites excluding steroid dienone is 1. The summed E-state index contributed by atoms with van der Waals surface area (Å²) in [6, 6.07) is 7.39. The van der Waals surface area contributed by atoms with Crippen molar-refractivity contribution in [1.29, 1.82) is 0 Å². The summed E-state index contributed by atoms with van der Waals surface area (Å²) in [5.41, 5.74) is 0.212. The van der Waals surface area contributed by atoms with Gasteiger partial charge in [-0.3, -0.25) is 4.79 Å². The lowest BCUT2D eigenvalue weighted by molar-refractivity contribution is -0.128. The smallest absolute Gasteiger partial charge is 0.223 e. The minimum Gasteiger partial charge on any atom is -0.510 e. The summed E-state index contributed by atoms with van der Waals surface area (Å²) in [5, 5.41) is 22.3. The van der Waals surface area contributed by atoms with Crippen LogP contribution in [-0.4, -0.2) is 60.6 Å². The SMILES string of the molecule is Cn1nnnc1SCCCCN1C(=O)CC[C@@H]1C(O)=CC(F)C(F)c1ccccc1. The fourth-order valence-corrected chi connectivity index (χ4v) is 4.24. The van der Waals surface area contributed by atoms with Crippen LogP contribution in [0.25, 0.3) is 0 Å². The van der Waals surface area contributed by atoms with Gasteiger partial charge in [-0.2, -0.15) is 0 Å². The second-order valence-electron chi connectivity index (χ2n) is 7.13. The summed E-state index contributed by atoms with van der Waals surface area (Å²) in [6.45, 7) is 0.452. The Morgan fingerprint density at radius 1 is 1.33 bits per heavy atom. The number of halogens is 2. The number of tetrazole rings is 1. The maximum absolute atomic E-state index is 14.4. The van der Waals surface area contributed by atoms with E-state index in [0.717, 1.165) is 29.8 Å². The molecule has 1 fully saturated rings. The van der Waals surface area contributed by atoms with E-state index in [1.54, 1.807) is 34.8 Å². The van der Waals surface area contributed by atoms with Crippen LogP contribution in [0, 0.1) is 0 Å². The van der Waals surface area contributed by atoms with Gasteiger partial charge in [-0.05, 0) is 41.3 Å². The minimum absolute atomic E-state index is 0.0830. The number of amides is 1. The fourth-order valence-electron chi connectivity index (χ4n) is 3.39. The molecule has 2 heterocycles. The van der Waals surface area contributed by atoms with Gasteiger partial charge in [-0.1, -0.05) is 42.1 Å². The summed E-state index contributed by atoms with van der Waals surface area (Å²) in [5.74, 6) is 0.419. The van der Waals surface area contributed by atoms with Gasteiger partial charge in [0.25, 0.3) is 0 Å². The van der Waals surface area contributed by atoms with Crippen LogP contribution in [0.4, 0.5) is 8.78 Å². The molecule has 0 bridgehead atoms. The van der Waals surface area contributed by atoms with Gasteiger partial charge < -0.3 is 10.0 Å². The number of hydrogen-bond donors (Lipinski definition) is 1. The molecule has 1 aliphatic rings. The third kappa shape index (κ3) is 5.56. The van der Waals surface area contributed by atoms with Gasteiger partial charge in [0.1, 0.15) is 5.76 Å². The zero-order valence-corrected chi connectivity index (χ0v) is 17.5. The van der Waals surface area contributed by atoms with E-state index in [1.807, 2.05) is 0 Å². The largest absolute Gasteiger partial charge is 0.510 e.